The van der Waals surface area contributed by atoms with Crippen LogP contribution in [0.1, 0.15) is 19.4 Å². The van der Waals surface area contributed by atoms with Gasteiger partial charge in [-0.15, -0.1) is 6.58 Å². The average Bonchev–Trinajstić information content (AvgIpc) is 3.09. The highest BCUT2D eigenvalue weighted by Gasteiger charge is 2.41. The Labute approximate surface area is 194 Å². The third-order valence-corrected chi connectivity index (χ3v) is 5.61. The van der Waals surface area contributed by atoms with Crippen LogP contribution in [0.5, 0.6) is 5.75 Å². The molecule has 2 aliphatic heterocycles. The molecule has 1 aromatic carbocycles. The molecule has 3 heterocycles. The zero-order valence-corrected chi connectivity index (χ0v) is 19.1. The molecule has 172 valence electrons. The molecular formula is C25H29N5O3. The van der Waals surface area contributed by atoms with Crippen LogP contribution in [-0.4, -0.2) is 70.9 Å². The summed E-state index contributed by atoms with van der Waals surface area (Å²) in [6, 6.07) is 9.18. The fraction of sp³-hybridized carbons (Fsp3) is 0.360. The summed E-state index contributed by atoms with van der Waals surface area (Å²) in [5.41, 5.74) is 1.59. The molecule has 1 saturated heterocycles. The Morgan fingerprint density at radius 2 is 1.64 bits per heavy atom. The number of hydrogen-bond acceptors (Lipinski definition) is 7. The third kappa shape index (κ3) is 4.74. The van der Waals surface area contributed by atoms with Gasteiger partial charge >= 0.3 is 0 Å². The van der Waals surface area contributed by atoms with Gasteiger partial charge in [0.1, 0.15) is 11.4 Å². The fourth-order valence-electron chi connectivity index (χ4n) is 3.98. The van der Waals surface area contributed by atoms with E-state index in [0.717, 1.165) is 5.75 Å². The predicted octanol–water partition coefficient (Wildman–Crippen LogP) is 2.60. The number of imide groups is 1. The molecule has 0 aliphatic carbocycles. The first-order valence-corrected chi connectivity index (χ1v) is 11.2. The van der Waals surface area contributed by atoms with Gasteiger partial charge in [-0.25, -0.2) is 9.97 Å². The van der Waals surface area contributed by atoms with Crippen LogP contribution in [0.2, 0.25) is 0 Å². The summed E-state index contributed by atoms with van der Waals surface area (Å²) < 4.78 is 5.77. The molecule has 0 N–H and O–H groups in total. The lowest BCUT2D eigenvalue weighted by Gasteiger charge is -2.36. The van der Waals surface area contributed by atoms with Crippen molar-refractivity contribution in [3.63, 3.8) is 0 Å². The first-order chi connectivity index (χ1) is 16.0. The van der Waals surface area contributed by atoms with Gasteiger partial charge in [0, 0.05) is 45.1 Å². The lowest BCUT2D eigenvalue weighted by molar-refractivity contribution is -0.136. The molecule has 1 aromatic heterocycles. The van der Waals surface area contributed by atoms with Crippen LogP contribution >= 0.6 is 0 Å². The van der Waals surface area contributed by atoms with E-state index in [2.05, 4.69) is 35.3 Å². The van der Waals surface area contributed by atoms with Gasteiger partial charge in [0.2, 0.25) is 5.95 Å². The second kappa shape index (κ2) is 9.85. The lowest BCUT2D eigenvalue weighted by atomic mass is 10.0. The van der Waals surface area contributed by atoms with Crippen LogP contribution in [0, 0.1) is 5.92 Å². The molecular weight excluding hydrogens is 418 g/mol. The lowest BCUT2D eigenvalue weighted by Crippen LogP contribution is -2.48. The Kier molecular flexibility index (Phi) is 6.72. The van der Waals surface area contributed by atoms with Gasteiger partial charge < -0.3 is 14.5 Å². The number of anilines is 1. The fourth-order valence-corrected chi connectivity index (χ4v) is 3.98. The Balaban J connectivity index is 1.60. The van der Waals surface area contributed by atoms with E-state index >= 15 is 0 Å². The molecule has 0 bridgehead atoms. The molecule has 0 radical (unpaired) electrons. The van der Waals surface area contributed by atoms with E-state index in [9.17, 15) is 9.59 Å². The summed E-state index contributed by atoms with van der Waals surface area (Å²) in [5, 5.41) is 0. The monoisotopic (exact) mass is 447 g/mol. The number of aromatic nitrogens is 2. The van der Waals surface area contributed by atoms with Crippen molar-refractivity contribution < 1.29 is 14.3 Å². The van der Waals surface area contributed by atoms with E-state index < -0.39 is 0 Å². The first kappa shape index (κ1) is 22.5. The van der Waals surface area contributed by atoms with E-state index in [1.807, 2.05) is 29.2 Å². The molecule has 2 aliphatic rings. The zero-order valence-electron chi connectivity index (χ0n) is 19.1. The van der Waals surface area contributed by atoms with Crippen molar-refractivity contribution in [3.8, 4) is 5.75 Å². The van der Waals surface area contributed by atoms with Crippen molar-refractivity contribution in [1.29, 1.82) is 0 Å². The van der Waals surface area contributed by atoms with Crippen LogP contribution in [-0.2, 0) is 9.59 Å². The van der Waals surface area contributed by atoms with Gasteiger partial charge in [0.05, 0.1) is 12.2 Å². The number of rotatable bonds is 8. The summed E-state index contributed by atoms with van der Waals surface area (Å²) in [6.07, 6.45) is 5.01. The second-order valence-corrected chi connectivity index (χ2v) is 8.49. The second-order valence-electron chi connectivity index (χ2n) is 8.49. The number of carbonyl (C=O) groups is 2. The topological polar surface area (TPSA) is 78.9 Å². The molecule has 0 spiro atoms. The van der Waals surface area contributed by atoms with Crippen molar-refractivity contribution in [3.05, 3.63) is 66.6 Å². The van der Waals surface area contributed by atoms with Crippen LogP contribution in [0.15, 0.2) is 61.1 Å². The molecule has 2 aromatic rings. The Morgan fingerprint density at radius 1 is 1.00 bits per heavy atom. The van der Waals surface area contributed by atoms with Gasteiger partial charge in [-0.1, -0.05) is 32.1 Å². The molecule has 33 heavy (non-hydrogen) atoms. The molecule has 2 amide bonds. The van der Waals surface area contributed by atoms with Crippen molar-refractivity contribution in [2.24, 2.45) is 5.92 Å². The van der Waals surface area contributed by atoms with Gasteiger partial charge in [0.15, 0.2) is 0 Å². The zero-order chi connectivity index (χ0) is 23.4. The summed E-state index contributed by atoms with van der Waals surface area (Å²) in [4.78, 5) is 40.5. The van der Waals surface area contributed by atoms with E-state index in [1.54, 1.807) is 24.5 Å². The van der Waals surface area contributed by atoms with E-state index in [-0.39, 0.29) is 18.4 Å². The van der Waals surface area contributed by atoms with Crippen LogP contribution in [0.25, 0.3) is 5.57 Å². The third-order valence-electron chi connectivity index (χ3n) is 5.61. The van der Waals surface area contributed by atoms with Crippen LogP contribution in [0.3, 0.4) is 0 Å². The number of hydrogen-bond donors (Lipinski definition) is 0. The van der Waals surface area contributed by atoms with Gasteiger partial charge in [-0.2, -0.15) is 0 Å². The van der Waals surface area contributed by atoms with E-state index in [0.29, 0.717) is 61.5 Å². The molecule has 4 rings (SSSR count). The van der Waals surface area contributed by atoms with E-state index in [1.165, 1.54) is 4.90 Å². The summed E-state index contributed by atoms with van der Waals surface area (Å²) in [7, 11) is 0. The molecule has 0 atom stereocenters. The number of carbonyl (C=O) groups excluding carboxylic acids is 2. The highest BCUT2D eigenvalue weighted by molar-refractivity contribution is 6.35. The minimum Gasteiger partial charge on any atom is -0.493 e. The van der Waals surface area contributed by atoms with E-state index in [4.69, 9.17) is 4.74 Å². The van der Waals surface area contributed by atoms with Crippen LogP contribution in [0.4, 0.5) is 5.95 Å². The highest BCUT2D eigenvalue weighted by Crippen LogP contribution is 2.33. The SMILES string of the molecule is C=CCN1C(=O)C(c2ccc(OCC(C)C)cc2)=C(N2CCN(c3ncccn3)CC2)C1=O. The smallest absolute Gasteiger partial charge is 0.278 e. The van der Waals surface area contributed by atoms with Crippen molar-refractivity contribution in [2.75, 3.05) is 44.2 Å². The largest absolute Gasteiger partial charge is 0.493 e. The maximum Gasteiger partial charge on any atom is 0.278 e. The average molecular weight is 448 g/mol. The number of piperazine rings is 1. The quantitative estimate of drug-likeness (QED) is 0.455. The molecule has 0 unspecified atom stereocenters. The highest BCUT2D eigenvalue weighted by atomic mass is 16.5. The standard InChI is InChI=1S/C25H29N5O3/c1-4-12-30-23(31)21(19-6-8-20(9-7-19)33-17-18(2)3)22(24(30)32)28-13-15-29(16-14-28)25-26-10-5-11-27-25/h4-11,18H,1,12-17H2,2-3H3. The minimum absolute atomic E-state index is 0.179. The Morgan fingerprint density at radius 3 is 2.24 bits per heavy atom. The Bertz CT molecular complexity index is 1040. The summed E-state index contributed by atoms with van der Waals surface area (Å²) in [6.45, 7) is 11.2. The van der Waals surface area contributed by atoms with Crippen molar-refractivity contribution >= 4 is 23.3 Å². The number of nitrogens with zero attached hydrogens (tertiary/aromatic N) is 5. The molecule has 8 heteroatoms. The molecule has 8 nitrogen and oxygen atoms in total. The molecule has 1 fully saturated rings. The maximum absolute atomic E-state index is 13.3. The minimum atomic E-state index is -0.292. The van der Waals surface area contributed by atoms with Crippen LogP contribution < -0.4 is 9.64 Å². The summed E-state index contributed by atoms with van der Waals surface area (Å²) in [5.74, 6) is 1.26. The number of amides is 2. The summed E-state index contributed by atoms with van der Waals surface area (Å²) >= 11 is 0. The van der Waals surface area contributed by atoms with Crippen molar-refractivity contribution in [1.82, 2.24) is 19.8 Å². The number of ether oxygens (including phenoxy) is 1. The normalized spacial score (nSPS) is 16.8. The number of benzene rings is 1. The predicted molar refractivity (Wildman–Crippen MR) is 126 cm³/mol. The van der Waals surface area contributed by atoms with Gasteiger partial charge in [-0.05, 0) is 29.7 Å². The first-order valence-electron chi connectivity index (χ1n) is 11.2. The van der Waals surface area contributed by atoms with Crippen molar-refractivity contribution in [2.45, 2.75) is 13.8 Å². The maximum atomic E-state index is 13.3. The Hall–Kier alpha value is -3.68. The van der Waals surface area contributed by atoms with Gasteiger partial charge in [0.25, 0.3) is 11.8 Å². The van der Waals surface area contributed by atoms with Gasteiger partial charge in [-0.3, -0.25) is 14.5 Å². The molecule has 0 saturated carbocycles.